The van der Waals surface area contributed by atoms with E-state index in [-0.39, 0.29) is 11.9 Å². The number of hydrogen-bond donors (Lipinski definition) is 7. The number of rotatable bonds is 6. The Bertz CT molecular complexity index is 1070. The van der Waals surface area contributed by atoms with Crippen LogP contribution in [0, 0.1) is 0 Å². The van der Waals surface area contributed by atoms with Crippen molar-refractivity contribution in [3.05, 3.63) is 71.3 Å². The van der Waals surface area contributed by atoms with Crippen LogP contribution in [0.1, 0.15) is 65.4 Å². The molecule has 0 heterocycles. The Labute approximate surface area is 203 Å². The van der Waals surface area contributed by atoms with Gasteiger partial charge in [-0.25, -0.2) is 0 Å². The zero-order chi connectivity index (χ0) is 25.0. The molecule has 0 bridgehead atoms. The lowest BCUT2D eigenvalue weighted by Crippen LogP contribution is -2.99. The first-order valence-electron chi connectivity index (χ1n) is 12.3. The molecule has 0 aliphatic heterocycles. The van der Waals surface area contributed by atoms with Crippen molar-refractivity contribution in [1.82, 2.24) is 5.32 Å². The van der Waals surface area contributed by atoms with E-state index < -0.39 is 47.5 Å². The molecule has 35 heavy (non-hydrogen) atoms. The molecular formula is C27H33NO7. The van der Waals surface area contributed by atoms with Gasteiger partial charge in [0.1, 0.15) is 22.9 Å². The molecule has 1 amide bonds. The fourth-order valence-electron chi connectivity index (χ4n) is 6.82. The predicted molar refractivity (Wildman–Crippen MR) is 127 cm³/mol. The second-order valence-corrected chi connectivity index (χ2v) is 10.3. The van der Waals surface area contributed by atoms with E-state index in [0.717, 1.165) is 25.7 Å². The average Bonchev–Trinajstić information content (AvgIpc) is 2.89. The summed E-state index contributed by atoms with van der Waals surface area (Å²) in [5, 5.41) is 69.0. The molecule has 188 valence electrons. The van der Waals surface area contributed by atoms with E-state index in [1.165, 1.54) is 6.42 Å². The van der Waals surface area contributed by atoms with Gasteiger partial charge in [0.25, 0.3) is 5.91 Å². The molecule has 0 saturated heterocycles. The van der Waals surface area contributed by atoms with Gasteiger partial charge in [-0.15, -0.1) is 0 Å². The summed E-state index contributed by atoms with van der Waals surface area (Å²) < 4.78 is 0. The molecule has 5 rings (SSSR count). The quantitative estimate of drug-likeness (QED) is 0.317. The Morgan fingerprint density at radius 3 is 2.17 bits per heavy atom. The second-order valence-electron chi connectivity index (χ2n) is 10.3. The van der Waals surface area contributed by atoms with Crippen LogP contribution in [0.25, 0.3) is 0 Å². The van der Waals surface area contributed by atoms with Crippen LogP contribution in [0.3, 0.4) is 0 Å². The lowest BCUT2D eigenvalue weighted by Gasteiger charge is -2.80. The van der Waals surface area contributed by atoms with Crippen molar-refractivity contribution in [2.45, 2.75) is 79.0 Å². The molecule has 7 atom stereocenters. The van der Waals surface area contributed by atoms with Crippen LogP contribution in [0.2, 0.25) is 0 Å². The molecule has 8 heteroatoms. The van der Waals surface area contributed by atoms with Crippen molar-refractivity contribution < 1.29 is 35.4 Å². The first kappa shape index (κ1) is 24.4. The third-order valence-corrected chi connectivity index (χ3v) is 8.60. The van der Waals surface area contributed by atoms with Gasteiger partial charge in [0.2, 0.25) is 0 Å². The summed E-state index contributed by atoms with van der Waals surface area (Å²) in [4.78, 5) is 12.7. The molecule has 2 aromatic rings. The van der Waals surface area contributed by atoms with Crippen molar-refractivity contribution in [3.8, 4) is 0 Å². The summed E-state index contributed by atoms with van der Waals surface area (Å²) in [7, 11) is 0. The molecule has 7 N–H and O–H groups in total. The highest BCUT2D eigenvalue weighted by atomic mass is 16.5. The van der Waals surface area contributed by atoms with Crippen LogP contribution < -0.4 is 5.32 Å². The van der Waals surface area contributed by atoms with Crippen LogP contribution in [-0.4, -0.2) is 78.2 Å². The van der Waals surface area contributed by atoms with Crippen LogP contribution in [0.5, 0.6) is 0 Å². The highest BCUT2D eigenvalue weighted by Gasteiger charge is 2.93. The molecule has 3 unspecified atom stereocenters. The molecule has 8 nitrogen and oxygen atoms in total. The van der Waals surface area contributed by atoms with E-state index in [1.54, 1.807) is 54.6 Å². The highest BCUT2D eigenvalue weighted by molar-refractivity contribution is 5.94. The van der Waals surface area contributed by atoms with Crippen LogP contribution in [0.4, 0.5) is 0 Å². The largest absolute Gasteiger partial charge is 0.394 e. The minimum absolute atomic E-state index is 0.153. The fraction of sp³-hybridized carbons (Fsp3) is 0.519. The van der Waals surface area contributed by atoms with Crippen LogP contribution in [-0.2, 0) is 0 Å². The summed E-state index contributed by atoms with van der Waals surface area (Å²) in [6.45, 7) is -0.846. The first-order chi connectivity index (χ1) is 16.7. The zero-order valence-corrected chi connectivity index (χ0v) is 19.4. The number of amides is 1. The number of benzene rings is 2. The van der Waals surface area contributed by atoms with Gasteiger partial charge in [0.05, 0.1) is 18.6 Å². The van der Waals surface area contributed by atoms with E-state index in [4.69, 9.17) is 0 Å². The third kappa shape index (κ3) is 3.18. The number of aliphatic hydroxyl groups is 6. The van der Waals surface area contributed by atoms with Gasteiger partial charge in [-0.05, 0) is 36.1 Å². The Balaban J connectivity index is 1.43. The standard InChI is InChI=1S/C27H33NO7/c29-15-20(30)25(33)22(17-7-3-1-4-8-17)26(34)23(31)21(27(25,26)35)16-11-13-18(14-12-16)24(32)28-19-9-5-2-6-10-19/h1,3-4,7-8,11-14,19-23,29-31,33-35H,2,5-6,9-10,15H2,(H,28,32)/t20-,21?,22?,23?,25+,26+,27+/m1/s1. The van der Waals surface area contributed by atoms with E-state index in [2.05, 4.69) is 5.32 Å². The summed E-state index contributed by atoms with van der Waals surface area (Å²) in [6.07, 6.45) is 2.06. The van der Waals surface area contributed by atoms with Gasteiger partial charge < -0.3 is 36.0 Å². The first-order valence-corrected chi connectivity index (χ1v) is 12.3. The lowest BCUT2D eigenvalue weighted by molar-refractivity contribution is -0.459. The average molecular weight is 484 g/mol. The zero-order valence-electron chi connectivity index (χ0n) is 19.4. The van der Waals surface area contributed by atoms with E-state index >= 15 is 0 Å². The second kappa shape index (κ2) is 8.65. The maximum Gasteiger partial charge on any atom is 0.251 e. The van der Waals surface area contributed by atoms with Gasteiger partial charge in [0.15, 0.2) is 0 Å². The Morgan fingerprint density at radius 1 is 0.943 bits per heavy atom. The predicted octanol–water partition coefficient (Wildman–Crippen LogP) is 0.551. The maximum absolute atomic E-state index is 12.7. The van der Waals surface area contributed by atoms with Gasteiger partial charge in [-0.2, -0.15) is 0 Å². The smallest absolute Gasteiger partial charge is 0.251 e. The number of fused-ring (bicyclic) bond motifs is 1. The summed E-state index contributed by atoms with van der Waals surface area (Å²) in [6, 6.07) is 14.8. The monoisotopic (exact) mass is 483 g/mol. The molecule has 2 aromatic carbocycles. The van der Waals surface area contributed by atoms with Crippen molar-refractivity contribution in [2.24, 2.45) is 0 Å². The van der Waals surface area contributed by atoms with Gasteiger partial charge in [0, 0.05) is 17.5 Å². The molecule has 0 radical (unpaired) electrons. The van der Waals surface area contributed by atoms with E-state index in [9.17, 15) is 35.4 Å². The maximum atomic E-state index is 12.7. The Kier molecular flexibility index (Phi) is 6.03. The highest BCUT2D eigenvalue weighted by Crippen LogP contribution is 2.75. The van der Waals surface area contributed by atoms with Gasteiger partial charge in [-0.3, -0.25) is 4.79 Å². The summed E-state index contributed by atoms with van der Waals surface area (Å²) >= 11 is 0. The Hall–Kier alpha value is -2.33. The van der Waals surface area contributed by atoms with Crippen molar-refractivity contribution >= 4 is 5.91 Å². The van der Waals surface area contributed by atoms with Crippen LogP contribution >= 0.6 is 0 Å². The fourth-order valence-corrected chi connectivity index (χ4v) is 6.82. The molecule has 0 aromatic heterocycles. The van der Waals surface area contributed by atoms with Crippen molar-refractivity contribution in [1.29, 1.82) is 0 Å². The summed E-state index contributed by atoms with van der Waals surface area (Å²) in [5.41, 5.74) is -5.54. The summed E-state index contributed by atoms with van der Waals surface area (Å²) in [5.74, 6) is -2.57. The topological polar surface area (TPSA) is 150 Å². The molecule has 3 aliphatic carbocycles. The lowest BCUT2D eigenvalue weighted by atomic mass is 9.30. The van der Waals surface area contributed by atoms with E-state index in [1.807, 2.05) is 0 Å². The number of nitrogens with one attached hydrogen (secondary N) is 1. The van der Waals surface area contributed by atoms with Crippen LogP contribution in [0.15, 0.2) is 54.6 Å². The molecule has 0 spiro atoms. The molecule has 3 saturated carbocycles. The number of hydrogen-bond acceptors (Lipinski definition) is 7. The molecule has 3 fully saturated rings. The minimum atomic E-state index is -2.33. The Morgan fingerprint density at radius 2 is 1.57 bits per heavy atom. The van der Waals surface area contributed by atoms with Gasteiger partial charge in [-0.1, -0.05) is 61.7 Å². The normalized spacial score (nSPS) is 37.5. The number of aliphatic hydroxyl groups excluding tert-OH is 3. The molecule has 3 aliphatic rings. The number of carbonyl (C=O) groups is 1. The van der Waals surface area contributed by atoms with Crippen molar-refractivity contribution in [2.75, 3.05) is 6.61 Å². The van der Waals surface area contributed by atoms with E-state index in [0.29, 0.717) is 16.7 Å². The SMILES string of the molecule is O=C(NC1CCCCC1)c1ccc(C2C(O)[C@@]3(O)C(c4ccccc4)[C@@](O)([C@H](O)CO)[C@@]23O)cc1. The van der Waals surface area contributed by atoms with Gasteiger partial charge >= 0.3 is 0 Å². The van der Waals surface area contributed by atoms with Crippen molar-refractivity contribution in [3.63, 3.8) is 0 Å². The number of carbonyl (C=O) groups excluding carboxylic acids is 1. The minimum Gasteiger partial charge on any atom is -0.394 e. The molecular weight excluding hydrogens is 450 g/mol. The third-order valence-electron chi connectivity index (χ3n) is 8.60.